The van der Waals surface area contributed by atoms with Crippen LogP contribution in [-0.4, -0.2) is 53.5 Å². The highest BCUT2D eigenvalue weighted by Gasteiger charge is 2.22. The van der Waals surface area contributed by atoms with E-state index in [0.29, 0.717) is 18.9 Å². The number of nitrogens with one attached hydrogen (secondary N) is 1. The Morgan fingerprint density at radius 1 is 1.17 bits per heavy atom. The summed E-state index contributed by atoms with van der Waals surface area (Å²) in [6.45, 7) is 9.27. The van der Waals surface area contributed by atoms with Gasteiger partial charge in [-0.05, 0) is 44.5 Å². The molecule has 6 nitrogen and oxygen atoms in total. The molecule has 0 bridgehead atoms. The molecule has 1 N–H and O–H groups in total. The highest BCUT2D eigenvalue weighted by molar-refractivity contribution is 7.18. The number of aromatic nitrogens is 2. The molecule has 3 aromatic rings. The van der Waals surface area contributed by atoms with Crippen molar-refractivity contribution in [3.05, 3.63) is 45.6 Å². The Balaban J connectivity index is 1.39. The zero-order valence-electron chi connectivity index (χ0n) is 16.8. The van der Waals surface area contributed by atoms with E-state index in [2.05, 4.69) is 40.1 Å². The summed E-state index contributed by atoms with van der Waals surface area (Å²) in [5.74, 6) is 1.55. The van der Waals surface area contributed by atoms with Crippen LogP contribution in [0.2, 0.25) is 5.02 Å². The summed E-state index contributed by atoms with van der Waals surface area (Å²) in [5.41, 5.74) is 2.28. The molecule has 1 fully saturated rings. The van der Waals surface area contributed by atoms with Crippen LogP contribution in [0.1, 0.15) is 16.3 Å². The lowest BCUT2D eigenvalue weighted by Gasteiger charge is -2.36. The fraction of sp³-hybridized carbons (Fsp3) is 0.381. The van der Waals surface area contributed by atoms with Crippen LogP contribution in [0, 0.1) is 20.8 Å². The van der Waals surface area contributed by atoms with Crippen LogP contribution >= 0.6 is 22.9 Å². The van der Waals surface area contributed by atoms with Gasteiger partial charge < -0.3 is 15.1 Å². The van der Waals surface area contributed by atoms with E-state index in [-0.39, 0.29) is 12.5 Å². The maximum Gasteiger partial charge on any atom is 0.242 e. The van der Waals surface area contributed by atoms with Gasteiger partial charge in [-0.2, -0.15) is 0 Å². The van der Waals surface area contributed by atoms with Crippen molar-refractivity contribution in [2.75, 3.05) is 42.9 Å². The van der Waals surface area contributed by atoms with Gasteiger partial charge in [0.25, 0.3) is 0 Å². The van der Waals surface area contributed by atoms with Gasteiger partial charge in [0.15, 0.2) is 0 Å². The number of carbonyl (C=O) groups excluding carboxylic acids is 1. The smallest absolute Gasteiger partial charge is 0.242 e. The first-order valence-corrected chi connectivity index (χ1v) is 10.9. The summed E-state index contributed by atoms with van der Waals surface area (Å²) in [5, 5.41) is 5.02. The van der Waals surface area contributed by atoms with Crippen molar-refractivity contribution in [3.8, 4) is 0 Å². The molecular formula is C21H24ClN5OS. The average Bonchev–Trinajstić information content (AvgIpc) is 2.99. The third-order valence-electron chi connectivity index (χ3n) is 5.35. The molecule has 152 valence electrons. The topological polar surface area (TPSA) is 61.4 Å². The van der Waals surface area contributed by atoms with Crippen molar-refractivity contribution in [3.63, 3.8) is 0 Å². The van der Waals surface area contributed by atoms with Crippen molar-refractivity contribution >= 4 is 50.6 Å². The summed E-state index contributed by atoms with van der Waals surface area (Å²) in [6, 6.07) is 7.85. The number of nitrogens with zero attached hydrogens (tertiary/aromatic N) is 4. The molecule has 0 radical (unpaired) electrons. The summed E-state index contributed by atoms with van der Waals surface area (Å²) in [6.07, 6.45) is 0. The molecule has 0 spiro atoms. The zero-order chi connectivity index (χ0) is 20.5. The van der Waals surface area contributed by atoms with E-state index in [9.17, 15) is 4.79 Å². The van der Waals surface area contributed by atoms with Gasteiger partial charge in [0.1, 0.15) is 16.5 Å². The van der Waals surface area contributed by atoms with Crippen LogP contribution in [0.3, 0.4) is 0 Å². The Morgan fingerprint density at radius 3 is 2.66 bits per heavy atom. The Bertz CT molecular complexity index is 1060. The number of halogens is 1. The quantitative estimate of drug-likeness (QED) is 0.678. The lowest BCUT2D eigenvalue weighted by Crippen LogP contribution is -2.50. The van der Waals surface area contributed by atoms with Crippen molar-refractivity contribution in [2.45, 2.75) is 20.8 Å². The number of hydrogen-bond donors (Lipinski definition) is 1. The minimum atomic E-state index is 0.0877. The first-order chi connectivity index (χ1) is 13.9. The fourth-order valence-corrected chi connectivity index (χ4v) is 4.90. The Morgan fingerprint density at radius 2 is 1.93 bits per heavy atom. The largest absolute Gasteiger partial charge is 0.368 e. The van der Waals surface area contributed by atoms with E-state index in [4.69, 9.17) is 11.6 Å². The number of anilines is 2. The van der Waals surface area contributed by atoms with Gasteiger partial charge in [0, 0.05) is 41.8 Å². The number of fused-ring (bicyclic) bond motifs is 1. The molecular weight excluding hydrogens is 406 g/mol. The molecule has 1 saturated heterocycles. The van der Waals surface area contributed by atoms with Gasteiger partial charge >= 0.3 is 0 Å². The highest BCUT2D eigenvalue weighted by Crippen LogP contribution is 2.33. The molecule has 3 heterocycles. The maximum atomic E-state index is 12.8. The van der Waals surface area contributed by atoms with Crippen molar-refractivity contribution in [1.82, 2.24) is 14.9 Å². The first-order valence-electron chi connectivity index (χ1n) is 9.69. The molecule has 0 saturated carbocycles. The van der Waals surface area contributed by atoms with Crippen molar-refractivity contribution < 1.29 is 4.79 Å². The molecule has 1 amide bonds. The SMILES string of the molecule is Cc1nc(NCC(=O)N2CCN(c3cccc(Cl)c3)CC2)c2c(C)c(C)sc2n1. The van der Waals surface area contributed by atoms with Gasteiger partial charge in [-0.3, -0.25) is 4.79 Å². The van der Waals surface area contributed by atoms with E-state index >= 15 is 0 Å². The second kappa shape index (κ2) is 8.16. The van der Waals surface area contributed by atoms with E-state index < -0.39 is 0 Å². The third-order valence-corrected chi connectivity index (χ3v) is 6.69. The first kappa shape index (κ1) is 19.9. The number of thiophene rings is 1. The second-order valence-corrected chi connectivity index (χ2v) is 8.92. The molecule has 0 aliphatic carbocycles. The van der Waals surface area contributed by atoms with Crippen molar-refractivity contribution in [2.24, 2.45) is 0 Å². The lowest BCUT2D eigenvalue weighted by molar-refractivity contribution is -0.129. The number of piperazine rings is 1. The maximum absolute atomic E-state index is 12.8. The van der Waals surface area contributed by atoms with Gasteiger partial charge in [0.05, 0.1) is 11.9 Å². The van der Waals surface area contributed by atoms with Crippen LogP contribution in [0.25, 0.3) is 10.2 Å². The number of rotatable bonds is 4. The molecule has 0 atom stereocenters. The van der Waals surface area contributed by atoms with Crippen LogP contribution in [0.15, 0.2) is 24.3 Å². The standard InChI is InChI=1S/C21H24ClN5OS/c1-13-14(2)29-21-19(13)20(24-15(3)25-21)23-12-18(28)27-9-7-26(8-10-27)17-6-4-5-16(22)11-17/h4-6,11H,7-10,12H2,1-3H3,(H,23,24,25). The number of hydrogen-bond acceptors (Lipinski definition) is 6. The summed E-state index contributed by atoms with van der Waals surface area (Å²) >= 11 is 7.77. The summed E-state index contributed by atoms with van der Waals surface area (Å²) in [7, 11) is 0. The van der Waals surface area contributed by atoms with Crippen LogP contribution in [0.4, 0.5) is 11.5 Å². The second-order valence-electron chi connectivity index (χ2n) is 7.28. The normalized spacial score (nSPS) is 14.5. The molecule has 1 aromatic carbocycles. The van der Waals surface area contributed by atoms with Gasteiger partial charge in [-0.15, -0.1) is 11.3 Å². The van der Waals surface area contributed by atoms with Crippen LogP contribution in [-0.2, 0) is 4.79 Å². The van der Waals surface area contributed by atoms with E-state index in [1.54, 1.807) is 11.3 Å². The number of aryl methyl sites for hydroxylation is 3. The lowest BCUT2D eigenvalue weighted by atomic mass is 10.2. The number of benzene rings is 1. The van der Waals surface area contributed by atoms with Crippen LogP contribution in [0.5, 0.6) is 0 Å². The molecule has 8 heteroatoms. The predicted octanol–water partition coefficient (Wildman–Crippen LogP) is 4.03. The molecule has 2 aromatic heterocycles. The summed E-state index contributed by atoms with van der Waals surface area (Å²) < 4.78 is 0. The predicted molar refractivity (Wildman–Crippen MR) is 120 cm³/mol. The molecule has 1 aliphatic rings. The third kappa shape index (κ3) is 4.16. The zero-order valence-corrected chi connectivity index (χ0v) is 18.4. The Kier molecular flexibility index (Phi) is 5.61. The fourth-order valence-electron chi connectivity index (χ4n) is 3.64. The average molecular weight is 430 g/mol. The molecule has 0 unspecified atom stereocenters. The van der Waals surface area contributed by atoms with E-state index in [1.807, 2.05) is 30.0 Å². The van der Waals surface area contributed by atoms with Gasteiger partial charge in [-0.1, -0.05) is 17.7 Å². The number of amides is 1. The van der Waals surface area contributed by atoms with E-state index in [1.165, 1.54) is 10.4 Å². The Labute approximate surface area is 179 Å². The van der Waals surface area contributed by atoms with Crippen LogP contribution < -0.4 is 10.2 Å². The minimum Gasteiger partial charge on any atom is -0.368 e. The van der Waals surface area contributed by atoms with Gasteiger partial charge in [-0.25, -0.2) is 9.97 Å². The Hall–Kier alpha value is -2.38. The van der Waals surface area contributed by atoms with Crippen molar-refractivity contribution in [1.29, 1.82) is 0 Å². The molecule has 4 rings (SSSR count). The minimum absolute atomic E-state index is 0.0877. The molecule has 1 aliphatic heterocycles. The summed E-state index contributed by atoms with van der Waals surface area (Å²) in [4.78, 5) is 28.2. The van der Waals surface area contributed by atoms with E-state index in [0.717, 1.165) is 39.8 Å². The van der Waals surface area contributed by atoms with Gasteiger partial charge in [0.2, 0.25) is 5.91 Å². The monoisotopic (exact) mass is 429 g/mol. The molecule has 29 heavy (non-hydrogen) atoms. The highest BCUT2D eigenvalue weighted by atomic mass is 35.5. The number of carbonyl (C=O) groups is 1.